The van der Waals surface area contributed by atoms with Gasteiger partial charge in [0.1, 0.15) is 17.4 Å². The first-order chi connectivity index (χ1) is 15.5. The van der Waals surface area contributed by atoms with E-state index in [1.807, 2.05) is 25.5 Å². The van der Waals surface area contributed by atoms with Gasteiger partial charge in [0.05, 0.1) is 6.61 Å². The summed E-state index contributed by atoms with van der Waals surface area (Å²) in [4.78, 5) is 30.9. The second kappa shape index (κ2) is 15.2. The van der Waals surface area contributed by atoms with Gasteiger partial charge in [-0.2, -0.15) is 0 Å². The van der Waals surface area contributed by atoms with Gasteiger partial charge in [-0.25, -0.2) is 9.97 Å². The smallest absolute Gasteiger partial charge is 0.290 e. The van der Waals surface area contributed by atoms with E-state index in [0.717, 1.165) is 48.9 Å². The molecule has 0 saturated carbocycles. The molecule has 0 unspecified atom stereocenters. The van der Waals surface area contributed by atoms with Crippen LogP contribution in [0.15, 0.2) is 43.0 Å². The number of hydrogen-bond acceptors (Lipinski definition) is 6. The minimum Gasteiger partial charge on any atom is -0.494 e. The molecule has 3 N–H and O–H groups in total. The van der Waals surface area contributed by atoms with Crippen molar-refractivity contribution in [2.75, 3.05) is 20.7 Å². The van der Waals surface area contributed by atoms with Gasteiger partial charge in [-0.3, -0.25) is 9.59 Å². The molecule has 0 radical (unpaired) electrons. The number of aryl methyl sites for hydroxylation is 2. The Labute approximate surface area is 187 Å². The molecule has 2 aromatic heterocycles. The summed E-state index contributed by atoms with van der Waals surface area (Å²) in [5.41, 5.74) is 2.30. The molecule has 3 rings (SSSR count). The lowest BCUT2D eigenvalue weighted by atomic mass is 10.1. The number of benzene rings is 1. The van der Waals surface area contributed by atoms with E-state index in [2.05, 4.69) is 56.7 Å². The summed E-state index contributed by atoms with van der Waals surface area (Å²) >= 11 is 0. The zero-order valence-corrected chi connectivity index (χ0v) is 18.6. The van der Waals surface area contributed by atoms with Crippen molar-refractivity contribution in [3.05, 3.63) is 54.4 Å². The van der Waals surface area contributed by atoms with E-state index < -0.39 is 0 Å². The van der Waals surface area contributed by atoms with Gasteiger partial charge in [0.15, 0.2) is 0 Å². The van der Waals surface area contributed by atoms with Crippen LogP contribution in [0.3, 0.4) is 0 Å². The van der Waals surface area contributed by atoms with Crippen LogP contribution in [0.25, 0.3) is 11.4 Å². The number of H-pyrrole nitrogens is 1. The summed E-state index contributed by atoms with van der Waals surface area (Å²) in [6.45, 7) is 3.93. The summed E-state index contributed by atoms with van der Waals surface area (Å²) in [5.74, 6) is 2.97. The van der Waals surface area contributed by atoms with E-state index in [9.17, 15) is 0 Å². The summed E-state index contributed by atoms with van der Waals surface area (Å²) < 4.78 is 7.99. The molecule has 0 spiro atoms. The van der Waals surface area contributed by atoms with Crippen LogP contribution in [0.2, 0.25) is 0 Å². The van der Waals surface area contributed by atoms with E-state index >= 15 is 0 Å². The Morgan fingerprint density at radius 1 is 1.16 bits per heavy atom. The van der Waals surface area contributed by atoms with E-state index in [1.165, 1.54) is 5.56 Å². The molecule has 3 aromatic rings. The van der Waals surface area contributed by atoms with Gasteiger partial charge < -0.3 is 29.4 Å². The van der Waals surface area contributed by atoms with Crippen molar-refractivity contribution in [3.63, 3.8) is 0 Å². The largest absolute Gasteiger partial charge is 0.494 e. The number of nitrogens with one attached hydrogen (secondary N) is 1. The highest BCUT2D eigenvalue weighted by Gasteiger charge is 2.11. The van der Waals surface area contributed by atoms with Crippen LogP contribution < -0.4 is 4.74 Å². The van der Waals surface area contributed by atoms with E-state index in [0.29, 0.717) is 6.61 Å². The fourth-order valence-corrected chi connectivity index (χ4v) is 3.08. The number of aromatic nitrogens is 4. The lowest BCUT2D eigenvalue weighted by Gasteiger charge is -2.16. The predicted molar refractivity (Wildman–Crippen MR) is 121 cm³/mol. The first kappa shape index (κ1) is 26.4. The first-order valence-electron chi connectivity index (χ1n) is 10.1. The number of nitrogens with zero attached hydrogens (tertiary/aromatic N) is 4. The molecule has 0 atom stereocenters. The summed E-state index contributed by atoms with van der Waals surface area (Å²) in [7, 11) is 4.13. The van der Waals surface area contributed by atoms with Crippen LogP contribution >= 0.6 is 0 Å². The molecule has 0 saturated heterocycles. The number of ether oxygens (including phenoxy) is 1. The predicted octanol–water partition coefficient (Wildman–Crippen LogP) is 2.77. The zero-order chi connectivity index (χ0) is 23.8. The van der Waals surface area contributed by atoms with E-state index in [4.69, 9.17) is 24.5 Å². The van der Waals surface area contributed by atoms with Gasteiger partial charge in [-0.15, -0.1) is 0 Å². The molecule has 0 aliphatic rings. The second-order valence-corrected chi connectivity index (χ2v) is 6.79. The molecule has 32 heavy (non-hydrogen) atoms. The quantitative estimate of drug-likeness (QED) is 0.428. The fraction of sp³-hybridized carbons (Fsp3) is 0.364. The third-order valence-electron chi connectivity index (χ3n) is 4.19. The van der Waals surface area contributed by atoms with Crippen molar-refractivity contribution in [1.82, 2.24) is 24.4 Å². The minimum atomic E-state index is -0.250. The highest BCUT2D eigenvalue weighted by atomic mass is 16.5. The number of carbonyl (C=O) groups is 2. The maximum atomic E-state index is 8.36. The summed E-state index contributed by atoms with van der Waals surface area (Å²) in [6.07, 6.45) is 9.51. The average Bonchev–Trinajstić information content (AvgIpc) is 3.43. The highest BCUT2D eigenvalue weighted by Crippen LogP contribution is 2.27. The zero-order valence-electron chi connectivity index (χ0n) is 18.6. The van der Waals surface area contributed by atoms with E-state index in [1.54, 1.807) is 6.20 Å². The van der Waals surface area contributed by atoms with Gasteiger partial charge in [-0.1, -0.05) is 0 Å². The average molecular weight is 446 g/mol. The lowest BCUT2D eigenvalue weighted by Crippen LogP contribution is -2.12. The van der Waals surface area contributed by atoms with Crippen molar-refractivity contribution in [3.8, 4) is 17.1 Å². The normalized spacial score (nSPS) is 9.88. The van der Waals surface area contributed by atoms with E-state index in [-0.39, 0.29) is 12.9 Å². The van der Waals surface area contributed by atoms with Gasteiger partial charge in [0, 0.05) is 55.4 Å². The Kier molecular flexibility index (Phi) is 12.5. The van der Waals surface area contributed by atoms with Crippen LogP contribution in [-0.2, 0) is 29.1 Å². The second-order valence-electron chi connectivity index (χ2n) is 6.79. The molecule has 174 valence electrons. The Hall–Kier alpha value is -3.66. The molecule has 10 heteroatoms. The molecule has 1 aromatic carbocycles. The lowest BCUT2D eigenvalue weighted by molar-refractivity contribution is -0.123. The molecular weight excluding hydrogens is 414 g/mol. The Morgan fingerprint density at radius 2 is 1.88 bits per heavy atom. The molecule has 0 fully saturated rings. The SMILES string of the molecule is CCOc1ccc(-c2nccn2CCCc2ncc[nH]2)cc1CN(C)C.O=CO.O=CO. The van der Waals surface area contributed by atoms with Gasteiger partial charge in [0.2, 0.25) is 0 Å². The van der Waals surface area contributed by atoms with Crippen molar-refractivity contribution < 1.29 is 24.5 Å². The molecular formula is C22H31N5O5. The minimum absolute atomic E-state index is 0.250. The summed E-state index contributed by atoms with van der Waals surface area (Å²) in [5, 5.41) is 13.8. The topological polar surface area (TPSA) is 134 Å². The highest BCUT2D eigenvalue weighted by molar-refractivity contribution is 5.59. The maximum Gasteiger partial charge on any atom is 0.290 e. The van der Waals surface area contributed by atoms with Gasteiger partial charge in [0.25, 0.3) is 12.9 Å². The number of carboxylic acid groups (broad SMARTS) is 2. The van der Waals surface area contributed by atoms with Crippen LogP contribution in [0.1, 0.15) is 24.7 Å². The molecule has 0 amide bonds. The number of imidazole rings is 2. The third kappa shape index (κ3) is 9.00. The monoisotopic (exact) mass is 445 g/mol. The fourth-order valence-electron chi connectivity index (χ4n) is 3.08. The van der Waals surface area contributed by atoms with Gasteiger partial charge >= 0.3 is 0 Å². The molecule has 2 heterocycles. The van der Waals surface area contributed by atoms with Crippen molar-refractivity contribution in [1.29, 1.82) is 0 Å². The van der Waals surface area contributed by atoms with Gasteiger partial charge in [-0.05, 0) is 45.6 Å². The number of aromatic amines is 1. The Morgan fingerprint density at radius 3 is 2.47 bits per heavy atom. The van der Waals surface area contributed by atoms with Crippen LogP contribution in [0.5, 0.6) is 5.75 Å². The summed E-state index contributed by atoms with van der Waals surface area (Å²) in [6, 6.07) is 6.34. The molecule has 10 nitrogen and oxygen atoms in total. The molecule has 0 aliphatic carbocycles. The number of rotatable bonds is 9. The standard InChI is InChI=1S/C20H27N5O.2CH2O2/c1-4-26-18-8-7-16(14-17(18)15-24(2)3)20-23-11-13-25(20)12-5-6-19-21-9-10-22-19;2*2-1-3/h7-11,13-14H,4-6,12,15H2,1-3H3,(H,21,22);2*1H,(H,2,3). The molecule has 0 aliphatic heterocycles. The van der Waals surface area contributed by atoms with Crippen molar-refractivity contribution in [2.24, 2.45) is 0 Å². The van der Waals surface area contributed by atoms with Crippen LogP contribution in [0.4, 0.5) is 0 Å². The van der Waals surface area contributed by atoms with Crippen molar-refractivity contribution in [2.45, 2.75) is 32.9 Å². The van der Waals surface area contributed by atoms with Crippen LogP contribution in [0, 0.1) is 0 Å². The maximum absolute atomic E-state index is 8.36. The molecule has 0 bridgehead atoms. The Balaban J connectivity index is 0.000000769. The third-order valence-corrected chi connectivity index (χ3v) is 4.19. The number of hydrogen-bond donors (Lipinski definition) is 3. The Bertz CT molecular complexity index is 903. The first-order valence-corrected chi connectivity index (χ1v) is 10.1. The van der Waals surface area contributed by atoms with Crippen molar-refractivity contribution >= 4 is 12.9 Å². The van der Waals surface area contributed by atoms with Crippen LogP contribution in [-0.4, -0.2) is 68.3 Å².